The van der Waals surface area contributed by atoms with E-state index < -0.39 is 0 Å². The zero-order valence-corrected chi connectivity index (χ0v) is 13.7. The molecule has 1 aliphatic rings. The number of anilines is 2. The van der Waals surface area contributed by atoms with Crippen LogP contribution >= 0.6 is 0 Å². The molecule has 1 N–H and O–H groups in total. The Morgan fingerprint density at radius 3 is 2.76 bits per heavy atom. The summed E-state index contributed by atoms with van der Waals surface area (Å²) < 4.78 is 5.30. The van der Waals surface area contributed by atoms with Gasteiger partial charge in [-0.3, -0.25) is 14.8 Å². The number of hydrogen-bond donors (Lipinski definition) is 1. The molecule has 0 saturated carbocycles. The highest BCUT2D eigenvalue weighted by Gasteiger charge is 2.19. The topological polar surface area (TPSA) is 67.4 Å². The van der Waals surface area contributed by atoms with Crippen LogP contribution in [-0.4, -0.2) is 47.1 Å². The minimum absolute atomic E-state index is 0.0667. The van der Waals surface area contributed by atoms with Gasteiger partial charge < -0.3 is 15.0 Å². The third-order valence-corrected chi connectivity index (χ3v) is 4.19. The lowest BCUT2D eigenvalue weighted by Crippen LogP contribution is -2.41. The number of aromatic nitrogens is 2. The summed E-state index contributed by atoms with van der Waals surface area (Å²) >= 11 is 0. The number of amides is 1. The van der Waals surface area contributed by atoms with Crippen LogP contribution in [0.1, 0.15) is 10.5 Å². The molecule has 1 aliphatic heterocycles. The van der Waals surface area contributed by atoms with Gasteiger partial charge in [0.15, 0.2) is 0 Å². The Balaban J connectivity index is 1.60. The monoisotopic (exact) mass is 334 g/mol. The summed E-state index contributed by atoms with van der Waals surface area (Å²) in [6.45, 7) is 2.35. The Kier molecular flexibility index (Phi) is 4.26. The molecular weight excluding hydrogens is 316 g/mol. The molecule has 126 valence electrons. The molecule has 0 bridgehead atoms. The summed E-state index contributed by atoms with van der Waals surface area (Å²) in [7, 11) is 0. The molecule has 0 unspecified atom stereocenters. The fourth-order valence-electron chi connectivity index (χ4n) is 2.91. The fourth-order valence-corrected chi connectivity index (χ4v) is 2.91. The van der Waals surface area contributed by atoms with Crippen LogP contribution < -0.4 is 5.32 Å². The van der Waals surface area contributed by atoms with E-state index in [0.29, 0.717) is 32.0 Å². The molecular formula is C19H18N4O2. The zero-order valence-electron chi connectivity index (χ0n) is 13.7. The van der Waals surface area contributed by atoms with Gasteiger partial charge in [-0.1, -0.05) is 18.2 Å². The normalized spacial score (nSPS) is 14.5. The molecule has 0 radical (unpaired) electrons. The van der Waals surface area contributed by atoms with E-state index in [1.54, 1.807) is 23.4 Å². The molecule has 2 aromatic heterocycles. The number of carbonyl (C=O) groups excluding carboxylic acids is 1. The standard InChI is InChI=1S/C19H18N4O2/c24-19(23-9-11-25-12-10-23)17-13-15(6-8-20-17)22-16-5-1-3-14-4-2-7-21-18(14)16/h1-8,13H,9-12H2,(H,20,22). The molecule has 3 aromatic rings. The van der Waals surface area contributed by atoms with Crippen molar-refractivity contribution >= 4 is 28.2 Å². The van der Waals surface area contributed by atoms with Crippen LogP contribution in [0.15, 0.2) is 54.9 Å². The summed E-state index contributed by atoms with van der Waals surface area (Å²) in [6, 6.07) is 13.5. The number of nitrogens with one attached hydrogen (secondary N) is 1. The van der Waals surface area contributed by atoms with Crippen LogP contribution in [-0.2, 0) is 4.74 Å². The highest BCUT2D eigenvalue weighted by Crippen LogP contribution is 2.24. The van der Waals surface area contributed by atoms with E-state index in [4.69, 9.17) is 4.74 Å². The number of fused-ring (bicyclic) bond motifs is 1. The molecule has 6 nitrogen and oxygen atoms in total. The molecule has 0 aliphatic carbocycles. The summed E-state index contributed by atoms with van der Waals surface area (Å²) in [6.07, 6.45) is 3.42. The summed E-state index contributed by atoms with van der Waals surface area (Å²) in [5.41, 5.74) is 3.03. The maximum absolute atomic E-state index is 12.6. The molecule has 0 atom stereocenters. The van der Waals surface area contributed by atoms with E-state index in [1.165, 1.54) is 0 Å². The highest BCUT2D eigenvalue weighted by atomic mass is 16.5. The largest absolute Gasteiger partial charge is 0.378 e. The number of pyridine rings is 2. The molecule has 4 rings (SSSR count). The lowest BCUT2D eigenvalue weighted by molar-refractivity contribution is 0.0299. The van der Waals surface area contributed by atoms with Crippen molar-refractivity contribution in [2.75, 3.05) is 31.6 Å². The van der Waals surface area contributed by atoms with Gasteiger partial charge in [-0.15, -0.1) is 0 Å². The van der Waals surface area contributed by atoms with Crippen LogP contribution in [0.4, 0.5) is 11.4 Å². The van der Waals surface area contributed by atoms with Gasteiger partial charge in [-0.2, -0.15) is 0 Å². The molecule has 1 aromatic carbocycles. The average molecular weight is 334 g/mol. The van der Waals surface area contributed by atoms with Gasteiger partial charge in [0.25, 0.3) is 5.91 Å². The van der Waals surface area contributed by atoms with Gasteiger partial charge in [0.2, 0.25) is 0 Å². The average Bonchev–Trinajstić information content (AvgIpc) is 2.69. The van der Waals surface area contributed by atoms with Crippen LogP contribution in [0, 0.1) is 0 Å². The van der Waals surface area contributed by atoms with Crippen LogP contribution in [0.25, 0.3) is 10.9 Å². The van der Waals surface area contributed by atoms with Crippen LogP contribution in [0.3, 0.4) is 0 Å². The molecule has 1 amide bonds. The number of carbonyl (C=O) groups is 1. The van der Waals surface area contributed by atoms with E-state index in [9.17, 15) is 4.79 Å². The van der Waals surface area contributed by atoms with Crippen molar-refractivity contribution in [2.24, 2.45) is 0 Å². The number of morpholine rings is 1. The quantitative estimate of drug-likeness (QED) is 0.798. The Bertz CT molecular complexity index is 901. The second-order valence-corrected chi connectivity index (χ2v) is 5.84. The Labute approximate surface area is 145 Å². The third kappa shape index (κ3) is 3.29. The van der Waals surface area contributed by atoms with Gasteiger partial charge in [-0.25, -0.2) is 0 Å². The van der Waals surface area contributed by atoms with Gasteiger partial charge in [0.1, 0.15) is 5.69 Å². The van der Waals surface area contributed by atoms with E-state index in [-0.39, 0.29) is 5.91 Å². The van der Waals surface area contributed by atoms with Gasteiger partial charge >= 0.3 is 0 Å². The van der Waals surface area contributed by atoms with E-state index in [1.807, 2.05) is 36.4 Å². The summed E-state index contributed by atoms with van der Waals surface area (Å²) in [4.78, 5) is 23.0. The maximum Gasteiger partial charge on any atom is 0.272 e. The van der Waals surface area contributed by atoms with Gasteiger partial charge in [0, 0.05) is 36.6 Å². The lowest BCUT2D eigenvalue weighted by Gasteiger charge is -2.26. The summed E-state index contributed by atoms with van der Waals surface area (Å²) in [5, 5.41) is 4.41. The minimum Gasteiger partial charge on any atom is -0.378 e. The summed E-state index contributed by atoms with van der Waals surface area (Å²) in [5.74, 6) is -0.0667. The smallest absolute Gasteiger partial charge is 0.272 e. The van der Waals surface area contributed by atoms with Crippen molar-refractivity contribution in [3.8, 4) is 0 Å². The van der Waals surface area contributed by atoms with Crippen molar-refractivity contribution in [3.63, 3.8) is 0 Å². The lowest BCUT2D eigenvalue weighted by atomic mass is 10.2. The minimum atomic E-state index is -0.0667. The van der Waals surface area contributed by atoms with Crippen LogP contribution in [0.2, 0.25) is 0 Å². The first-order valence-corrected chi connectivity index (χ1v) is 8.25. The van der Waals surface area contributed by atoms with E-state index in [0.717, 1.165) is 22.3 Å². The van der Waals surface area contributed by atoms with E-state index in [2.05, 4.69) is 15.3 Å². The SMILES string of the molecule is O=C(c1cc(Nc2cccc3cccnc23)ccn1)N1CCOCC1. The van der Waals surface area contributed by atoms with Crippen molar-refractivity contribution in [2.45, 2.75) is 0 Å². The first-order valence-electron chi connectivity index (χ1n) is 8.25. The first kappa shape index (κ1) is 15.5. The number of rotatable bonds is 3. The third-order valence-electron chi connectivity index (χ3n) is 4.19. The number of ether oxygens (including phenoxy) is 1. The number of benzene rings is 1. The second kappa shape index (κ2) is 6.86. The van der Waals surface area contributed by atoms with E-state index >= 15 is 0 Å². The predicted octanol–water partition coefficient (Wildman–Crippen LogP) is 2.85. The highest BCUT2D eigenvalue weighted by molar-refractivity contribution is 5.95. The van der Waals surface area contributed by atoms with Crippen LogP contribution in [0.5, 0.6) is 0 Å². The van der Waals surface area contributed by atoms with Gasteiger partial charge in [0.05, 0.1) is 24.4 Å². The molecule has 1 saturated heterocycles. The zero-order chi connectivity index (χ0) is 17.1. The van der Waals surface area contributed by atoms with Crippen molar-refractivity contribution in [1.29, 1.82) is 0 Å². The Hall–Kier alpha value is -2.99. The fraction of sp³-hybridized carbons (Fsp3) is 0.211. The first-order chi connectivity index (χ1) is 12.3. The molecule has 3 heterocycles. The van der Waals surface area contributed by atoms with Gasteiger partial charge in [-0.05, 0) is 24.3 Å². The molecule has 6 heteroatoms. The number of hydrogen-bond acceptors (Lipinski definition) is 5. The molecule has 25 heavy (non-hydrogen) atoms. The maximum atomic E-state index is 12.6. The Morgan fingerprint density at radius 1 is 1.04 bits per heavy atom. The molecule has 1 fully saturated rings. The Morgan fingerprint density at radius 2 is 1.88 bits per heavy atom. The number of nitrogens with zero attached hydrogens (tertiary/aromatic N) is 3. The van der Waals surface area contributed by atoms with Crippen molar-refractivity contribution < 1.29 is 9.53 Å². The predicted molar refractivity (Wildman–Crippen MR) is 96.0 cm³/mol. The van der Waals surface area contributed by atoms with Crippen molar-refractivity contribution in [3.05, 3.63) is 60.6 Å². The number of para-hydroxylation sites is 1. The van der Waals surface area contributed by atoms with Crippen molar-refractivity contribution in [1.82, 2.24) is 14.9 Å². The second-order valence-electron chi connectivity index (χ2n) is 5.84. The molecule has 0 spiro atoms.